The van der Waals surface area contributed by atoms with Gasteiger partial charge in [-0.15, -0.1) is 0 Å². The third kappa shape index (κ3) is 2.73. The Balaban J connectivity index is 2.64. The highest BCUT2D eigenvalue weighted by Crippen LogP contribution is 2.45. The van der Waals surface area contributed by atoms with Crippen molar-refractivity contribution in [3.8, 4) is 11.5 Å². The minimum atomic E-state index is -0.960. The average molecular weight is 291 g/mol. The summed E-state index contributed by atoms with van der Waals surface area (Å²) < 4.78 is 11.1. The summed E-state index contributed by atoms with van der Waals surface area (Å²) in [6.45, 7) is 8.11. The highest BCUT2D eigenvalue weighted by atomic mass is 16.5. The van der Waals surface area contributed by atoms with Crippen LogP contribution in [0.3, 0.4) is 0 Å². The Morgan fingerprint density at radius 1 is 1.38 bits per heavy atom. The molecule has 21 heavy (non-hydrogen) atoms. The summed E-state index contributed by atoms with van der Waals surface area (Å²) in [4.78, 5) is 25.4. The van der Waals surface area contributed by atoms with E-state index in [9.17, 15) is 9.59 Å². The van der Waals surface area contributed by atoms with Crippen molar-refractivity contribution >= 4 is 17.9 Å². The largest absolute Gasteiger partial charge is 0.493 e. The number of amides is 1. The first-order chi connectivity index (χ1) is 9.80. The Morgan fingerprint density at radius 2 is 2.05 bits per heavy atom. The number of fused-ring (bicyclic) bond motifs is 1. The summed E-state index contributed by atoms with van der Waals surface area (Å²) in [6.07, 6.45) is 0.737. The summed E-state index contributed by atoms with van der Waals surface area (Å²) in [5.41, 5.74) is 0.0858. The lowest BCUT2D eigenvalue weighted by molar-refractivity contribution is -0.132. The SMILES string of the molecule is COc1cc(C=O)cc2c1OC(C)(C)C(=O)N2CC(C)C. The van der Waals surface area contributed by atoms with E-state index in [1.165, 1.54) is 7.11 Å². The van der Waals surface area contributed by atoms with Crippen LogP contribution in [0, 0.1) is 5.92 Å². The standard InChI is InChI=1S/C16H21NO4/c1-10(2)8-17-12-6-11(9-18)7-13(20-5)14(12)21-16(3,4)15(17)19/h6-7,9-10H,8H2,1-5H3. The maximum absolute atomic E-state index is 12.6. The molecule has 1 aliphatic rings. The second kappa shape index (κ2) is 5.39. The summed E-state index contributed by atoms with van der Waals surface area (Å²) in [5, 5.41) is 0. The number of hydrogen-bond donors (Lipinski definition) is 0. The number of benzene rings is 1. The van der Waals surface area contributed by atoms with Crippen LogP contribution in [0.2, 0.25) is 0 Å². The molecular formula is C16H21NO4. The zero-order valence-electron chi connectivity index (χ0n) is 13.1. The molecule has 1 aliphatic heterocycles. The number of carbonyl (C=O) groups excluding carboxylic acids is 2. The van der Waals surface area contributed by atoms with E-state index < -0.39 is 5.60 Å². The van der Waals surface area contributed by atoms with Gasteiger partial charge in [0, 0.05) is 12.1 Å². The van der Waals surface area contributed by atoms with E-state index >= 15 is 0 Å². The second-order valence-corrected chi connectivity index (χ2v) is 6.11. The normalized spacial score (nSPS) is 16.5. The third-order valence-corrected chi connectivity index (χ3v) is 3.37. The maximum atomic E-state index is 12.6. The van der Waals surface area contributed by atoms with Crippen molar-refractivity contribution in [1.82, 2.24) is 0 Å². The van der Waals surface area contributed by atoms with Crippen LogP contribution in [0.15, 0.2) is 12.1 Å². The Labute approximate surface area is 124 Å². The molecule has 0 unspecified atom stereocenters. The number of nitrogens with zero attached hydrogens (tertiary/aromatic N) is 1. The van der Waals surface area contributed by atoms with Gasteiger partial charge in [-0.2, -0.15) is 0 Å². The van der Waals surface area contributed by atoms with Crippen LogP contribution in [-0.4, -0.2) is 31.4 Å². The van der Waals surface area contributed by atoms with Crippen LogP contribution in [-0.2, 0) is 4.79 Å². The third-order valence-electron chi connectivity index (χ3n) is 3.37. The first-order valence-corrected chi connectivity index (χ1v) is 6.98. The van der Waals surface area contributed by atoms with Gasteiger partial charge < -0.3 is 14.4 Å². The number of methoxy groups -OCH3 is 1. The number of anilines is 1. The van der Waals surface area contributed by atoms with Gasteiger partial charge in [0.1, 0.15) is 6.29 Å². The minimum Gasteiger partial charge on any atom is -0.493 e. The van der Waals surface area contributed by atoms with Crippen molar-refractivity contribution in [2.24, 2.45) is 5.92 Å². The topological polar surface area (TPSA) is 55.8 Å². The molecule has 1 aromatic carbocycles. The molecule has 0 saturated heterocycles. The molecule has 0 saturated carbocycles. The van der Waals surface area contributed by atoms with Gasteiger partial charge in [0.25, 0.3) is 5.91 Å². The molecule has 114 valence electrons. The molecule has 0 bridgehead atoms. The van der Waals surface area contributed by atoms with E-state index in [1.54, 1.807) is 30.9 Å². The Hall–Kier alpha value is -2.04. The number of carbonyl (C=O) groups is 2. The molecule has 1 amide bonds. The van der Waals surface area contributed by atoms with Crippen molar-refractivity contribution < 1.29 is 19.1 Å². The zero-order chi connectivity index (χ0) is 15.8. The van der Waals surface area contributed by atoms with Gasteiger partial charge in [0.15, 0.2) is 17.1 Å². The van der Waals surface area contributed by atoms with Crippen molar-refractivity contribution in [3.63, 3.8) is 0 Å². The van der Waals surface area contributed by atoms with E-state index in [2.05, 4.69) is 0 Å². The minimum absolute atomic E-state index is 0.117. The number of ether oxygens (including phenoxy) is 2. The summed E-state index contributed by atoms with van der Waals surface area (Å²) in [7, 11) is 1.52. The predicted octanol–water partition coefficient (Wildman–Crippen LogP) is 2.67. The van der Waals surface area contributed by atoms with E-state index in [4.69, 9.17) is 9.47 Å². The van der Waals surface area contributed by atoms with E-state index in [0.717, 1.165) is 6.29 Å². The molecule has 0 aromatic heterocycles. The fourth-order valence-corrected chi connectivity index (χ4v) is 2.41. The molecule has 5 heteroatoms. The molecule has 5 nitrogen and oxygen atoms in total. The molecule has 0 fully saturated rings. The van der Waals surface area contributed by atoms with Crippen LogP contribution in [0.1, 0.15) is 38.1 Å². The van der Waals surface area contributed by atoms with Crippen molar-refractivity contribution in [2.75, 3.05) is 18.6 Å². The number of aldehydes is 1. The smallest absolute Gasteiger partial charge is 0.270 e. The molecule has 2 rings (SSSR count). The monoisotopic (exact) mass is 291 g/mol. The number of hydrogen-bond acceptors (Lipinski definition) is 4. The molecule has 0 atom stereocenters. The fraction of sp³-hybridized carbons (Fsp3) is 0.500. The van der Waals surface area contributed by atoms with Crippen LogP contribution < -0.4 is 14.4 Å². The lowest BCUT2D eigenvalue weighted by Gasteiger charge is -2.40. The fourth-order valence-electron chi connectivity index (χ4n) is 2.41. The molecular weight excluding hydrogens is 270 g/mol. The summed E-state index contributed by atoms with van der Waals surface area (Å²) in [5.74, 6) is 1.15. The highest BCUT2D eigenvalue weighted by Gasteiger charge is 2.42. The van der Waals surface area contributed by atoms with Crippen LogP contribution in [0.5, 0.6) is 11.5 Å². The zero-order valence-corrected chi connectivity index (χ0v) is 13.1. The molecule has 1 heterocycles. The highest BCUT2D eigenvalue weighted by molar-refractivity contribution is 6.03. The Bertz CT molecular complexity index is 578. The van der Waals surface area contributed by atoms with E-state index in [-0.39, 0.29) is 5.91 Å². The van der Waals surface area contributed by atoms with Gasteiger partial charge in [-0.25, -0.2) is 0 Å². The van der Waals surface area contributed by atoms with Crippen LogP contribution in [0.4, 0.5) is 5.69 Å². The molecule has 0 spiro atoms. The van der Waals surface area contributed by atoms with Crippen LogP contribution in [0.25, 0.3) is 0 Å². The number of rotatable bonds is 4. The quantitative estimate of drug-likeness (QED) is 0.800. The maximum Gasteiger partial charge on any atom is 0.270 e. The average Bonchev–Trinajstić information content (AvgIpc) is 2.42. The summed E-state index contributed by atoms with van der Waals surface area (Å²) >= 11 is 0. The lowest BCUT2D eigenvalue weighted by atomic mass is 10.0. The second-order valence-electron chi connectivity index (χ2n) is 6.11. The van der Waals surface area contributed by atoms with Gasteiger partial charge in [-0.3, -0.25) is 9.59 Å². The van der Waals surface area contributed by atoms with E-state index in [1.807, 2.05) is 13.8 Å². The van der Waals surface area contributed by atoms with Crippen LogP contribution >= 0.6 is 0 Å². The Kier molecular flexibility index (Phi) is 3.94. The molecule has 1 aromatic rings. The Morgan fingerprint density at radius 3 is 2.57 bits per heavy atom. The van der Waals surface area contributed by atoms with Gasteiger partial charge in [-0.05, 0) is 31.9 Å². The predicted molar refractivity (Wildman–Crippen MR) is 80.3 cm³/mol. The summed E-state index contributed by atoms with van der Waals surface area (Å²) in [6, 6.07) is 3.28. The lowest BCUT2D eigenvalue weighted by Crippen LogP contribution is -2.53. The first-order valence-electron chi connectivity index (χ1n) is 6.98. The van der Waals surface area contributed by atoms with Crippen molar-refractivity contribution in [1.29, 1.82) is 0 Å². The molecule has 0 N–H and O–H groups in total. The van der Waals surface area contributed by atoms with E-state index in [0.29, 0.717) is 35.2 Å². The first kappa shape index (κ1) is 15.4. The van der Waals surface area contributed by atoms with Gasteiger partial charge in [0.2, 0.25) is 0 Å². The molecule has 0 radical (unpaired) electrons. The van der Waals surface area contributed by atoms with Gasteiger partial charge in [0.05, 0.1) is 12.8 Å². The molecule has 0 aliphatic carbocycles. The van der Waals surface area contributed by atoms with Gasteiger partial charge in [-0.1, -0.05) is 13.8 Å². The van der Waals surface area contributed by atoms with Crippen molar-refractivity contribution in [2.45, 2.75) is 33.3 Å². The van der Waals surface area contributed by atoms with Crippen molar-refractivity contribution in [3.05, 3.63) is 17.7 Å². The van der Waals surface area contributed by atoms with Gasteiger partial charge >= 0.3 is 0 Å².